The van der Waals surface area contributed by atoms with E-state index >= 15 is 0 Å². The minimum absolute atomic E-state index is 0. The highest BCUT2D eigenvalue weighted by Gasteiger charge is 2.24. The van der Waals surface area contributed by atoms with E-state index in [1.165, 1.54) is 5.56 Å². The zero-order chi connectivity index (χ0) is 20.9. The molecule has 1 aliphatic heterocycles. The lowest BCUT2D eigenvalue weighted by atomic mass is 10.1. The molecule has 0 bridgehead atoms. The zero-order valence-corrected chi connectivity index (χ0v) is 21.3. The Kier molecular flexibility index (Phi) is 14.1. The van der Waals surface area contributed by atoms with E-state index in [-0.39, 0.29) is 24.0 Å². The lowest BCUT2D eigenvalue weighted by Crippen LogP contribution is -2.39. The van der Waals surface area contributed by atoms with Crippen LogP contribution in [0.3, 0.4) is 0 Å². The summed E-state index contributed by atoms with van der Waals surface area (Å²) < 4.78 is 16.5. The van der Waals surface area contributed by atoms with Gasteiger partial charge >= 0.3 is 0 Å². The van der Waals surface area contributed by atoms with Crippen molar-refractivity contribution in [2.24, 2.45) is 10.9 Å². The first-order chi connectivity index (χ1) is 14.1. The van der Waals surface area contributed by atoms with E-state index in [4.69, 9.17) is 14.2 Å². The maximum atomic E-state index is 5.80. The summed E-state index contributed by atoms with van der Waals surface area (Å²) in [6.07, 6.45) is 2.16. The summed E-state index contributed by atoms with van der Waals surface area (Å²) in [5.74, 6) is 2.43. The van der Waals surface area contributed by atoms with Gasteiger partial charge in [0.2, 0.25) is 0 Å². The van der Waals surface area contributed by atoms with Crippen molar-refractivity contribution in [3.8, 4) is 5.75 Å². The first-order valence-corrected chi connectivity index (χ1v) is 10.5. The fourth-order valence-electron chi connectivity index (χ4n) is 3.34. The molecule has 1 aromatic carbocycles. The van der Waals surface area contributed by atoms with Gasteiger partial charge in [-0.2, -0.15) is 0 Å². The molecular formula is C22H39IN4O3. The van der Waals surface area contributed by atoms with Gasteiger partial charge in [-0.15, -0.1) is 24.0 Å². The van der Waals surface area contributed by atoms with E-state index in [0.717, 1.165) is 63.9 Å². The number of halogens is 1. The number of rotatable bonds is 12. The molecule has 0 radical (unpaired) electrons. The fourth-order valence-corrected chi connectivity index (χ4v) is 3.34. The van der Waals surface area contributed by atoms with Crippen molar-refractivity contribution in [3.63, 3.8) is 0 Å². The van der Waals surface area contributed by atoms with Gasteiger partial charge in [-0.3, -0.25) is 4.99 Å². The average molecular weight is 534 g/mol. The Morgan fingerprint density at radius 3 is 2.63 bits per heavy atom. The van der Waals surface area contributed by atoms with Crippen LogP contribution < -0.4 is 10.1 Å². The molecular weight excluding hydrogens is 495 g/mol. The number of hydrogen-bond acceptors (Lipinski definition) is 5. The fraction of sp³-hybridized carbons (Fsp3) is 0.682. The number of guanidine groups is 1. The molecule has 0 saturated carbocycles. The molecule has 1 saturated heterocycles. The molecule has 172 valence electrons. The van der Waals surface area contributed by atoms with Gasteiger partial charge in [-0.25, -0.2) is 0 Å². The Hall–Kier alpha value is -1.10. The monoisotopic (exact) mass is 534 g/mol. The van der Waals surface area contributed by atoms with Crippen molar-refractivity contribution in [1.29, 1.82) is 0 Å². The molecule has 1 heterocycles. The minimum atomic E-state index is 0. The van der Waals surface area contributed by atoms with Gasteiger partial charge in [-0.05, 0) is 44.6 Å². The third-order valence-electron chi connectivity index (χ3n) is 4.97. The van der Waals surface area contributed by atoms with Crippen LogP contribution in [0.15, 0.2) is 29.3 Å². The third kappa shape index (κ3) is 10.3. The number of aliphatic imine (C=N–C) groups is 1. The van der Waals surface area contributed by atoms with Crippen LogP contribution in [0.5, 0.6) is 5.75 Å². The van der Waals surface area contributed by atoms with Crippen LogP contribution in [-0.2, 0) is 16.0 Å². The summed E-state index contributed by atoms with van der Waals surface area (Å²) in [6, 6.07) is 8.30. The molecule has 2 rings (SSSR count). The van der Waals surface area contributed by atoms with E-state index in [9.17, 15) is 0 Å². The number of likely N-dealkylation sites (tertiary alicyclic amines) is 1. The van der Waals surface area contributed by atoms with Crippen molar-refractivity contribution < 1.29 is 14.2 Å². The molecule has 1 aliphatic rings. The quantitative estimate of drug-likeness (QED) is 0.193. The maximum absolute atomic E-state index is 5.80. The number of ether oxygens (including phenoxy) is 3. The predicted octanol–water partition coefficient (Wildman–Crippen LogP) is 2.70. The molecule has 30 heavy (non-hydrogen) atoms. The highest BCUT2D eigenvalue weighted by atomic mass is 127. The second kappa shape index (κ2) is 15.7. The van der Waals surface area contributed by atoms with Crippen LogP contribution >= 0.6 is 24.0 Å². The smallest absolute Gasteiger partial charge is 0.193 e. The minimum Gasteiger partial charge on any atom is -0.494 e. The molecule has 1 unspecified atom stereocenters. The van der Waals surface area contributed by atoms with Gasteiger partial charge < -0.3 is 29.3 Å². The number of benzene rings is 1. The Morgan fingerprint density at radius 2 is 1.97 bits per heavy atom. The zero-order valence-electron chi connectivity index (χ0n) is 18.9. The molecule has 1 atom stereocenters. The van der Waals surface area contributed by atoms with E-state index in [1.807, 2.05) is 19.2 Å². The number of hydrogen-bond donors (Lipinski definition) is 1. The molecule has 1 N–H and O–H groups in total. The van der Waals surface area contributed by atoms with Gasteiger partial charge in [0.1, 0.15) is 5.75 Å². The first-order valence-electron chi connectivity index (χ1n) is 10.5. The Labute approximate surface area is 199 Å². The normalized spacial score (nSPS) is 16.6. The van der Waals surface area contributed by atoms with Gasteiger partial charge in [0.15, 0.2) is 5.96 Å². The summed E-state index contributed by atoms with van der Waals surface area (Å²) in [4.78, 5) is 8.93. The third-order valence-corrected chi connectivity index (χ3v) is 4.97. The van der Waals surface area contributed by atoms with Crippen LogP contribution in [0.2, 0.25) is 0 Å². The van der Waals surface area contributed by atoms with Crippen molar-refractivity contribution >= 4 is 29.9 Å². The average Bonchev–Trinajstić information content (AvgIpc) is 3.19. The molecule has 1 fully saturated rings. The largest absolute Gasteiger partial charge is 0.494 e. The van der Waals surface area contributed by atoms with Crippen LogP contribution in [0, 0.1) is 5.92 Å². The highest BCUT2D eigenvalue weighted by Crippen LogP contribution is 2.17. The summed E-state index contributed by atoms with van der Waals surface area (Å²) in [6.45, 7) is 6.62. The van der Waals surface area contributed by atoms with E-state index in [0.29, 0.717) is 19.1 Å². The van der Waals surface area contributed by atoms with Crippen molar-refractivity contribution in [1.82, 2.24) is 15.1 Å². The molecule has 0 aliphatic carbocycles. The summed E-state index contributed by atoms with van der Waals surface area (Å²) in [5.41, 5.74) is 1.21. The maximum Gasteiger partial charge on any atom is 0.193 e. The van der Waals surface area contributed by atoms with E-state index in [1.54, 1.807) is 7.11 Å². The van der Waals surface area contributed by atoms with Gasteiger partial charge in [0, 0.05) is 46.3 Å². The second-order valence-electron chi connectivity index (χ2n) is 7.72. The van der Waals surface area contributed by atoms with E-state index < -0.39 is 0 Å². The van der Waals surface area contributed by atoms with Crippen molar-refractivity contribution in [2.45, 2.75) is 19.4 Å². The molecule has 8 heteroatoms. The Bertz CT molecular complexity index is 599. The van der Waals surface area contributed by atoms with Crippen LogP contribution in [0.1, 0.15) is 18.4 Å². The summed E-state index contributed by atoms with van der Waals surface area (Å²) >= 11 is 0. The standard InChI is InChI=1S/C22H38N4O3.HI/c1-23-22(26-12-10-20(17-26)18-28-15-14-27-4)24-16-19-6-8-21(9-7-19)29-13-5-11-25(2)3;/h6-9,20H,5,10-18H2,1-4H3,(H,23,24);1H. The Morgan fingerprint density at radius 1 is 1.20 bits per heavy atom. The van der Waals surface area contributed by atoms with Gasteiger partial charge in [0.25, 0.3) is 0 Å². The van der Waals surface area contributed by atoms with Crippen molar-refractivity contribution in [3.05, 3.63) is 29.8 Å². The number of methoxy groups -OCH3 is 1. The molecule has 0 aromatic heterocycles. The lowest BCUT2D eigenvalue weighted by Gasteiger charge is -2.22. The van der Waals surface area contributed by atoms with Crippen LogP contribution in [-0.4, -0.2) is 90.1 Å². The summed E-state index contributed by atoms with van der Waals surface area (Å²) in [5, 5.41) is 3.48. The highest BCUT2D eigenvalue weighted by molar-refractivity contribution is 14.0. The SMILES string of the molecule is CN=C(NCc1ccc(OCCCN(C)C)cc1)N1CCC(COCCOC)C1.I. The van der Waals surface area contributed by atoms with Gasteiger partial charge in [0.05, 0.1) is 26.4 Å². The Balaban J connectivity index is 0.00000450. The second-order valence-corrected chi connectivity index (χ2v) is 7.72. The molecule has 0 amide bonds. The van der Waals surface area contributed by atoms with E-state index in [2.05, 4.69) is 46.3 Å². The topological polar surface area (TPSA) is 58.6 Å². The van der Waals surface area contributed by atoms with Crippen molar-refractivity contribution in [2.75, 3.05) is 74.3 Å². The van der Waals surface area contributed by atoms with Crippen LogP contribution in [0.25, 0.3) is 0 Å². The first kappa shape index (κ1) is 26.9. The molecule has 0 spiro atoms. The number of nitrogens with one attached hydrogen (secondary N) is 1. The van der Waals surface area contributed by atoms with Gasteiger partial charge in [-0.1, -0.05) is 12.1 Å². The summed E-state index contributed by atoms with van der Waals surface area (Å²) in [7, 11) is 7.70. The predicted molar refractivity (Wildman–Crippen MR) is 133 cm³/mol. The molecule has 7 nitrogen and oxygen atoms in total. The van der Waals surface area contributed by atoms with Crippen LogP contribution in [0.4, 0.5) is 0 Å². The lowest BCUT2D eigenvalue weighted by molar-refractivity contribution is 0.0536. The number of nitrogens with zero attached hydrogens (tertiary/aromatic N) is 3. The molecule has 1 aromatic rings.